The van der Waals surface area contributed by atoms with E-state index >= 15 is 0 Å². The number of nitrogens with one attached hydrogen (secondary N) is 4. The van der Waals surface area contributed by atoms with Crippen molar-refractivity contribution in [2.45, 2.75) is 31.3 Å². The average molecular weight is 326 g/mol. The Kier molecular flexibility index (Phi) is 4.27. The Balaban J connectivity index is 1.33. The minimum Gasteiger partial charge on any atom is -0.360 e. The van der Waals surface area contributed by atoms with E-state index in [1.54, 1.807) is 0 Å². The molecular formula is C17H22N6O. The van der Waals surface area contributed by atoms with E-state index in [-0.39, 0.29) is 18.5 Å². The second kappa shape index (κ2) is 6.70. The lowest BCUT2D eigenvalue weighted by Crippen LogP contribution is -2.46. The summed E-state index contributed by atoms with van der Waals surface area (Å²) >= 11 is 0. The number of fused-ring (bicyclic) bond motifs is 2. The second-order valence-electron chi connectivity index (χ2n) is 6.56. The maximum atomic E-state index is 12.3. The van der Waals surface area contributed by atoms with Crippen LogP contribution in [0.3, 0.4) is 0 Å². The molecule has 2 aliphatic rings. The van der Waals surface area contributed by atoms with Crippen LogP contribution < -0.4 is 21.5 Å². The van der Waals surface area contributed by atoms with Gasteiger partial charge in [-0.15, -0.1) is 0 Å². The smallest absolute Gasteiger partial charge is 0.239 e. The van der Waals surface area contributed by atoms with Crippen LogP contribution in [0, 0.1) is 5.92 Å². The van der Waals surface area contributed by atoms with Crippen molar-refractivity contribution in [3.8, 4) is 0 Å². The van der Waals surface area contributed by atoms with Crippen molar-refractivity contribution in [2.75, 3.05) is 18.4 Å². The number of rotatable bonds is 4. The Morgan fingerprint density at radius 1 is 1.25 bits per heavy atom. The SMILES string of the molecule is O=C(CNc1ncnc2ccccc12)NC1CCC2CNNC2C1. The first-order valence-corrected chi connectivity index (χ1v) is 8.51. The number of hydrazine groups is 1. The molecule has 7 nitrogen and oxygen atoms in total. The monoisotopic (exact) mass is 326 g/mol. The van der Waals surface area contributed by atoms with Gasteiger partial charge in [0.05, 0.1) is 12.1 Å². The van der Waals surface area contributed by atoms with Crippen LogP contribution in [0.4, 0.5) is 5.82 Å². The first-order chi connectivity index (χ1) is 11.8. The van der Waals surface area contributed by atoms with Crippen molar-refractivity contribution in [3.63, 3.8) is 0 Å². The van der Waals surface area contributed by atoms with Crippen molar-refractivity contribution < 1.29 is 4.79 Å². The third-order valence-electron chi connectivity index (χ3n) is 4.97. The van der Waals surface area contributed by atoms with Crippen molar-refractivity contribution in [1.82, 2.24) is 26.1 Å². The summed E-state index contributed by atoms with van der Waals surface area (Å²) in [5.41, 5.74) is 7.39. The highest BCUT2D eigenvalue weighted by molar-refractivity contribution is 5.90. The maximum absolute atomic E-state index is 12.3. The largest absolute Gasteiger partial charge is 0.360 e. The zero-order chi connectivity index (χ0) is 16.4. The molecule has 3 atom stereocenters. The normalized spacial score (nSPS) is 26.1. The van der Waals surface area contributed by atoms with E-state index < -0.39 is 0 Å². The summed E-state index contributed by atoms with van der Waals surface area (Å²) < 4.78 is 0. The zero-order valence-corrected chi connectivity index (χ0v) is 13.5. The van der Waals surface area contributed by atoms with Gasteiger partial charge in [-0.3, -0.25) is 15.6 Å². The molecular weight excluding hydrogens is 304 g/mol. The van der Waals surface area contributed by atoms with Gasteiger partial charge in [-0.2, -0.15) is 0 Å². The fourth-order valence-electron chi connectivity index (χ4n) is 3.69. The highest BCUT2D eigenvalue weighted by Crippen LogP contribution is 2.26. The van der Waals surface area contributed by atoms with Crippen LogP contribution in [0.15, 0.2) is 30.6 Å². The molecule has 1 aromatic carbocycles. The van der Waals surface area contributed by atoms with Crippen LogP contribution in [0.1, 0.15) is 19.3 Å². The second-order valence-corrected chi connectivity index (χ2v) is 6.56. The van der Waals surface area contributed by atoms with E-state index in [0.29, 0.717) is 17.8 Å². The van der Waals surface area contributed by atoms with E-state index in [1.165, 1.54) is 6.33 Å². The molecule has 0 spiro atoms. The average Bonchev–Trinajstić information content (AvgIpc) is 3.07. The summed E-state index contributed by atoms with van der Waals surface area (Å²) in [4.78, 5) is 20.7. The van der Waals surface area contributed by atoms with Crippen LogP contribution in [0.25, 0.3) is 10.9 Å². The van der Waals surface area contributed by atoms with E-state index in [4.69, 9.17) is 0 Å². The Hall–Kier alpha value is -2.25. The third-order valence-corrected chi connectivity index (χ3v) is 4.97. The lowest BCUT2D eigenvalue weighted by Gasteiger charge is -2.31. The predicted octanol–water partition coefficient (Wildman–Crippen LogP) is 0.803. The van der Waals surface area contributed by atoms with Gasteiger partial charge >= 0.3 is 0 Å². The molecule has 4 N–H and O–H groups in total. The third kappa shape index (κ3) is 3.18. The molecule has 1 amide bonds. The van der Waals surface area contributed by atoms with Crippen molar-refractivity contribution in [2.24, 2.45) is 5.92 Å². The molecule has 1 saturated carbocycles. The Bertz CT molecular complexity index is 731. The molecule has 1 saturated heterocycles. The minimum atomic E-state index is 0.00657. The highest BCUT2D eigenvalue weighted by Gasteiger charge is 2.34. The van der Waals surface area contributed by atoms with Gasteiger partial charge in [-0.05, 0) is 37.3 Å². The van der Waals surface area contributed by atoms with Gasteiger partial charge in [-0.1, -0.05) is 12.1 Å². The van der Waals surface area contributed by atoms with Gasteiger partial charge in [0, 0.05) is 24.0 Å². The van der Waals surface area contributed by atoms with Crippen LogP contribution in [0.5, 0.6) is 0 Å². The first-order valence-electron chi connectivity index (χ1n) is 8.51. The first kappa shape index (κ1) is 15.3. The Morgan fingerprint density at radius 2 is 2.17 bits per heavy atom. The summed E-state index contributed by atoms with van der Waals surface area (Å²) in [5, 5.41) is 7.19. The molecule has 1 aliphatic carbocycles. The Labute approximate surface area is 140 Å². The lowest BCUT2D eigenvalue weighted by molar-refractivity contribution is -0.120. The summed E-state index contributed by atoms with van der Waals surface area (Å²) in [6, 6.07) is 8.49. The standard InChI is InChI=1S/C17H22N6O/c24-16(22-12-6-5-11-8-21-23-15(11)7-12)9-18-17-13-3-1-2-4-14(13)19-10-20-17/h1-4,10-12,15,21,23H,5-9H2,(H,22,24)(H,18,19,20). The van der Waals surface area contributed by atoms with E-state index in [9.17, 15) is 4.79 Å². The number of anilines is 1. The molecule has 3 unspecified atom stereocenters. The summed E-state index contributed by atoms with van der Waals surface area (Å²) in [6.45, 7) is 1.25. The number of amides is 1. The molecule has 2 fully saturated rings. The number of aromatic nitrogens is 2. The zero-order valence-electron chi connectivity index (χ0n) is 13.5. The molecule has 2 heterocycles. The molecule has 7 heteroatoms. The molecule has 2 aromatic rings. The fourth-order valence-corrected chi connectivity index (χ4v) is 3.69. The van der Waals surface area contributed by atoms with Crippen LogP contribution in [-0.4, -0.2) is 41.0 Å². The number of para-hydroxylation sites is 1. The van der Waals surface area contributed by atoms with Crippen molar-refractivity contribution >= 4 is 22.6 Å². The number of hydrogen-bond acceptors (Lipinski definition) is 6. The minimum absolute atomic E-state index is 0.00657. The van der Waals surface area contributed by atoms with Crippen molar-refractivity contribution in [1.29, 1.82) is 0 Å². The number of nitrogens with zero attached hydrogens (tertiary/aromatic N) is 2. The molecule has 0 bridgehead atoms. The lowest BCUT2D eigenvalue weighted by atomic mass is 9.83. The summed E-state index contributed by atoms with van der Waals surface area (Å²) in [6.07, 6.45) is 4.70. The predicted molar refractivity (Wildman–Crippen MR) is 92.2 cm³/mol. The van der Waals surface area contributed by atoms with Gasteiger partial charge in [0.25, 0.3) is 0 Å². The van der Waals surface area contributed by atoms with Gasteiger partial charge in [0.2, 0.25) is 5.91 Å². The fraction of sp³-hybridized carbons (Fsp3) is 0.471. The quantitative estimate of drug-likeness (QED) is 0.664. The van der Waals surface area contributed by atoms with Crippen LogP contribution >= 0.6 is 0 Å². The van der Waals surface area contributed by atoms with Crippen molar-refractivity contribution in [3.05, 3.63) is 30.6 Å². The molecule has 1 aliphatic heterocycles. The van der Waals surface area contributed by atoms with E-state index in [2.05, 4.69) is 31.5 Å². The number of carbonyl (C=O) groups is 1. The molecule has 126 valence electrons. The maximum Gasteiger partial charge on any atom is 0.239 e. The number of hydrogen-bond donors (Lipinski definition) is 4. The topological polar surface area (TPSA) is 91.0 Å². The highest BCUT2D eigenvalue weighted by atomic mass is 16.2. The molecule has 1 aromatic heterocycles. The number of benzene rings is 1. The summed E-state index contributed by atoms with van der Waals surface area (Å²) in [5.74, 6) is 1.40. The van der Waals surface area contributed by atoms with Gasteiger partial charge < -0.3 is 10.6 Å². The number of carbonyl (C=O) groups excluding carboxylic acids is 1. The van der Waals surface area contributed by atoms with Gasteiger partial charge in [0.1, 0.15) is 12.1 Å². The Morgan fingerprint density at radius 3 is 3.12 bits per heavy atom. The van der Waals surface area contributed by atoms with E-state index in [1.807, 2.05) is 24.3 Å². The summed E-state index contributed by atoms with van der Waals surface area (Å²) in [7, 11) is 0. The van der Waals surface area contributed by atoms with Gasteiger partial charge in [0.15, 0.2) is 0 Å². The van der Waals surface area contributed by atoms with Crippen LogP contribution in [-0.2, 0) is 4.79 Å². The van der Waals surface area contributed by atoms with E-state index in [0.717, 1.165) is 36.7 Å². The molecule has 24 heavy (non-hydrogen) atoms. The van der Waals surface area contributed by atoms with Crippen LogP contribution in [0.2, 0.25) is 0 Å². The molecule has 4 rings (SSSR count). The molecule has 0 radical (unpaired) electrons. The van der Waals surface area contributed by atoms with Gasteiger partial charge in [-0.25, -0.2) is 9.97 Å².